The summed E-state index contributed by atoms with van der Waals surface area (Å²) in [6.45, 7) is 4.55. The number of carbonyl (C=O) groups is 2. The van der Waals surface area contributed by atoms with Crippen LogP contribution in [0.2, 0.25) is 0 Å². The first-order valence-corrected chi connectivity index (χ1v) is 7.24. The molecule has 4 heteroatoms. The van der Waals surface area contributed by atoms with Crippen molar-refractivity contribution in [3.63, 3.8) is 0 Å². The molecule has 0 aromatic rings. The van der Waals surface area contributed by atoms with Crippen LogP contribution in [0.15, 0.2) is 0 Å². The Morgan fingerprint density at radius 1 is 1.22 bits per heavy atom. The Labute approximate surface area is 109 Å². The van der Waals surface area contributed by atoms with Crippen molar-refractivity contribution < 1.29 is 9.59 Å². The molecule has 1 saturated heterocycles. The van der Waals surface area contributed by atoms with Crippen LogP contribution in [0.25, 0.3) is 0 Å². The van der Waals surface area contributed by atoms with E-state index in [1.165, 1.54) is 32.1 Å². The van der Waals surface area contributed by atoms with Crippen LogP contribution >= 0.6 is 0 Å². The standard InChI is InChI=1S/C14H24N2O2/c1-3-12-14(18)16(10(2)13(17)15-12)9-11-7-5-4-6-8-11/h10-12H,3-9H2,1-2H3,(H,15,17). The van der Waals surface area contributed by atoms with E-state index in [9.17, 15) is 9.59 Å². The molecular formula is C14H24N2O2. The molecule has 18 heavy (non-hydrogen) atoms. The SMILES string of the molecule is CCC1NC(=O)C(C)N(CC2CCCCC2)C1=O. The van der Waals surface area contributed by atoms with E-state index in [1.807, 2.05) is 18.7 Å². The van der Waals surface area contributed by atoms with Gasteiger partial charge in [-0.25, -0.2) is 0 Å². The minimum Gasteiger partial charge on any atom is -0.343 e. The number of carbonyl (C=O) groups excluding carboxylic acids is 2. The molecule has 2 amide bonds. The highest BCUT2D eigenvalue weighted by Gasteiger charge is 2.37. The molecule has 102 valence electrons. The average molecular weight is 252 g/mol. The van der Waals surface area contributed by atoms with Gasteiger partial charge >= 0.3 is 0 Å². The summed E-state index contributed by atoms with van der Waals surface area (Å²) in [5.41, 5.74) is 0. The number of amides is 2. The quantitative estimate of drug-likeness (QED) is 0.831. The fourth-order valence-corrected chi connectivity index (χ4v) is 3.06. The van der Waals surface area contributed by atoms with E-state index >= 15 is 0 Å². The van der Waals surface area contributed by atoms with Crippen LogP contribution in [0.1, 0.15) is 52.4 Å². The lowest BCUT2D eigenvalue weighted by Gasteiger charge is -2.39. The summed E-state index contributed by atoms with van der Waals surface area (Å²) in [7, 11) is 0. The molecule has 1 aliphatic heterocycles. The summed E-state index contributed by atoms with van der Waals surface area (Å²) in [4.78, 5) is 26.0. The first-order valence-electron chi connectivity index (χ1n) is 7.24. The number of nitrogens with zero attached hydrogens (tertiary/aromatic N) is 1. The molecule has 2 atom stereocenters. The van der Waals surface area contributed by atoms with Crippen LogP contribution in [0, 0.1) is 5.92 Å². The first-order chi connectivity index (χ1) is 8.63. The zero-order valence-electron chi connectivity index (χ0n) is 11.4. The van der Waals surface area contributed by atoms with Gasteiger partial charge in [0.1, 0.15) is 12.1 Å². The smallest absolute Gasteiger partial charge is 0.245 e. The Bertz CT molecular complexity index is 324. The van der Waals surface area contributed by atoms with Crippen molar-refractivity contribution in [3.8, 4) is 0 Å². The van der Waals surface area contributed by atoms with Gasteiger partial charge in [0.2, 0.25) is 11.8 Å². The van der Waals surface area contributed by atoms with Crippen molar-refractivity contribution in [2.75, 3.05) is 6.54 Å². The van der Waals surface area contributed by atoms with E-state index in [2.05, 4.69) is 5.32 Å². The minimum atomic E-state index is -0.308. The lowest BCUT2D eigenvalue weighted by molar-refractivity contribution is -0.149. The van der Waals surface area contributed by atoms with Gasteiger partial charge in [-0.3, -0.25) is 9.59 Å². The Balaban J connectivity index is 2.02. The molecule has 1 aliphatic carbocycles. The van der Waals surface area contributed by atoms with Crippen molar-refractivity contribution >= 4 is 11.8 Å². The molecule has 0 radical (unpaired) electrons. The second-order valence-electron chi connectivity index (χ2n) is 5.64. The number of piperazine rings is 1. The number of rotatable bonds is 3. The fourth-order valence-electron chi connectivity index (χ4n) is 3.06. The van der Waals surface area contributed by atoms with Crippen molar-refractivity contribution in [2.24, 2.45) is 5.92 Å². The maximum atomic E-state index is 12.3. The fraction of sp³-hybridized carbons (Fsp3) is 0.857. The molecule has 1 heterocycles. The zero-order chi connectivity index (χ0) is 13.1. The summed E-state index contributed by atoms with van der Waals surface area (Å²) in [5, 5.41) is 2.80. The average Bonchev–Trinajstić information content (AvgIpc) is 2.40. The first kappa shape index (κ1) is 13.4. The molecule has 2 unspecified atom stereocenters. The normalized spacial score (nSPS) is 30.4. The number of hydrogen-bond acceptors (Lipinski definition) is 2. The van der Waals surface area contributed by atoms with Gasteiger partial charge in [-0.15, -0.1) is 0 Å². The Kier molecular flexibility index (Phi) is 4.25. The third kappa shape index (κ3) is 2.68. The Morgan fingerprint density at radius 2 is 1.89 bits per heavy atom. The topological polar surface area (TPSA) is 49.4 Å². The lowest BCUT2D eigenvalue weighted by Crippen LogP contribution is -2.62. The van der Waals surface area contributed by atoms with Crippen molar-refractivity contribution in [1.29, 1.82) is 0 Å². The molecular weight excluding hydrogens is 228 g/mol. The van der Waals surface area contributed by atoms with Gasteiger partial charge in [0.15, 0.2) is 0 Å². The van der Waals surface area contributed by atoms with Gasteiger partial charge < -0.3 is 10.2 Å². The molecule has 2 rings (SSSR count). The van der Waals surface area contributed by atoms with Gasteiger partial charge in [-0.05, 0) is 32.1 Å². The summed E-state index contributed by atoms with van der Waals surface area (Å²) in [6, 6.07) is -0.612. The van der Waals surface area contributed by atoms with Crippen LogP contribution in [0.5, 0.6) is 0 Å². The third-order valence-electron chi connectivity index (χ3n) is 4.33. The highest BCUT2D eigenvalue weighted by Crippen LogP contribution is 2.26. The van der Waals surface area contributed by atoms with Gasteiger partial charge in [0.05, 0.1) is 0 Å². The van der Waals surface area contributed by atoms with Crippen molar-refractivity contribution in [1.82, 2.24) is 10.2 Å². The van der Waals surface area contributed by atoms with Gasteiger partial charge in [-0.1, -0.05) is 26.2 Å². The molecule has 0 spiro atoms. The van der Waals surface area contributed by atoms with Crippen molar-refractivity contribution in [3.05, 3.63) is 0 Å². The molecule has 0 bridgehead atoms. The predicted molar refractivity (Wildman–Crippen MR) is 70.0 cm³/mol. The summed E-state index contributed by atoms with van der Waals surface area (Å²) < 4.78 is 0. The summed E-state index contributed by atoms with van der Waals surface area (Å²) >= 11 is 0. The predicted octanol–water partition coefficient (Wildman–Crippen LogP) is 1.69. The Hall–Kier alpha value is -1.06. The molecule has 0 aromatic heterocycles. The largest absolute Gasteiger partial charge is 0.343 e. The van der Waals surface area contributed by atoms with Gasteiger partial charge in [0, 0.05) is 6.54 Å². The van der Waals surface area contributed by atoms with E-state index in [1.54, 1.807) is 0 Å². The monoisotopic (exact) mass is 252 g/mol. The molecule has 1 saturated carbocycles. The van der Waals surface area contributed by atoms with Crippen LogP contribution < -0.4 is 5.32 Å². The van der Waals surface area contributed by atoms with Crippen LogP contribution in [0.3, 0.4) is 0 Å². The molecule has 2 fully saturated rings. The highest BCUT2D eigenvalue weighted by molar-refractivity contribution is 5.96. The van der Waals surface area contributed by atoms with E-state index < -0.39 is 0 Å². The Morgan fingerprint density at radius 3 is 2.50 bits per heavy atom. The van der Waals surface area contributed by atoms with E-state index in [0.717, 1.165) is 6.54 Å². The van der Waals surface area contributed by atoms with E-state index in [0.29, 0.717) is 12.3 Å². The summed E-state index contributed by atoms with van der Waals surface area (Å²) in [5.74, 6) is 0.695. The second-order valence-corrected chi connectivity index (χ2v) is 5.64. The summed E-state index contributed by atoms with van der Waals surface area (Å²) in [6.07, 6.45) is 6.94. The zero-order valence-corrected chi connectivity index (χ0v) is 11.4. The van der Waals surface area contributed by atoms with E-state index in [4.69, 9.17) is 0 Å². The van der Waals surface area contributed by atoms with Gasteiger partial charge in [-0.2, -0.15) is 0 Å². The van der Waals surface area contributed by atoms with E-state index in [-0.39, 0.29) is 23.9 Å². The number of hydrogen-bond donors (Lipinski definition) is 1. The van der Waals surface area contributed by atoms with Gasteiger partial charge in [0.25, 0.3) is 0 Å². The lowest BCUT2D eigenvalue weighted by atomic mass is 9.88. The minimum absolute atomic E-state index is 0.00254. The van der Waals surface area contributed by atoms with Crippen LogP contribution in [0.4, 0.5) is 0 Å². The van der Waals surface area contributed by atoms with Crippen LogP contribution in [-0.4, -0.2) is 35.3 Å². The molecule has 2 aliphatic rings. The maximum Gasteiger partial charge on any atom is 0.245 e. The highest BCUT2D eigenvalue weighted by atomic mass is 16.2. The van der Waals surface area contributed by atoms with Crippen molar-refractivity contribution in [2.45, 2.75) is 64.5 Å². The number of nitrogens with one attached hydrogen (secondary N) is 1. The molecule has 4 nitrogen and oxygen atoms in total. The maximum absolute atomic E-state index is 12.3. The third-order valence-corrected chi connectivity index (χ3v) is 4.33. The molecule has 0 aromatic carbocycles. The van der Waals surface area contributed by atoms with Crippen LogP contribution in [-0.2, 0) is 9.59 Å². The molecule has 1 N–H and O–H groups in total. The second kappa shape index (κ2) is 5.72.